The van der Waals surface area contributed by atoms with Gasteiger partial charge < -0.3 is 14.7 Å². The molecule has 1 aromatic carbocycles. The second kappa shape index (κ2) is 8.14. The summed E-state index contributed by atoms with van der Waals surface area (Å²) in [6, 6.07) is 13.1. The highest BCUT2D eigenvalue weighted by molar-refractivity contribution is 5.88. The number of nitrogens with zero attached hydrogens (tertiary/aromatic N) is 4. The zero-order valence-corrected chi connectivity index (χ0v) is 16.7. The van der Waals surface area contributed by atoms with Gasteiger partial charge in [-0.2, -0.15) is 0 Å². The Hall–Kier alpha value is -3.68. The molecule has 1 atom stereocenters. The van der Waals surface area contributed by atoms with E-state index in [-0.39, 0.29) is 17.7 Å². The van der Waals surface area contributed by atoms with Crippen molar-refractivity contribution in [3.05, 3.63) is 81.5 Å². The van der Waals surface area contributed by atoms with Crippen LogP contribution in [0.3, 0.4) is 0 Å². The van der Waals surface area contributed by atoms with Gasteiger partial charge in [-0.15, -0.1) is 0 Å². The number of pyridine rings is 1. The summed E-state index contributed by atoms with van der Waals surface area (Å²) >= 11 is 0. The standard InChI is InChI=1S/C21H22N4O4/c1-13-9-8-12-22-15(13)17(14-10-6-5-7-11-14)24(2)21-23-16(20(27)28)18(29-4)19(26)25(21)3/h5-12,17H,1-4H3,(H,27,28). The van der Waals surface area contributed by atoms with E-state index >= 15 is 0 Å². The number of rotatable bonds is 6. The fourth-order valence-electron chi connectivity index (χ4n) is 3.31. The second-order valence-electron chi connectivity index (χ2n) is 6.59. The predicted molar refractivity (Wildman–Crippen MR) is 109 cm³/mol. The van der Waals surface area contributed by atoms with Crippen LogP contribution in [0.15, 0.2) is 53.5 Å². The first-order chi connectivity index (χ1) is 13.9. The average molecular weight is 394 g/mol. The molecule has 0 spiro atoms. The summed E-state index contributed by atoms with van der Waals surface area (Å²) < 4.78 is 6.27. The lowest BCUT2D eigenvalue weighted by atomic mass is 9.99. The lowest BCUT2D eigenvalue weighted by molar-refractivity contribution is 0.0685. The fraction of sp³-hybridized carbons (Fsp3) is 0.238. The van der Waals surface area contributed by atoms with Crippen molar-refractivity contribution in [1.82, 2.24) is 14.5 Å². The number of carbonyl (C=O) groups is 1. The number of aromatic carboxylic acids is 1. The first kappa shape index (κ1) is 20.1. The summed E-state index contributed by atoms with van der Waals surface area (Å²) in [5.74, 6) is -1.45. The van der Waals surface area contributed by atoms with Crippen LogP contribution in [0.5, 0.6) is 5.75 Å². The molecule has 3 aromatic rings. The van der Waals surface area contributed by atoms with E-state index in [1.165, 1.54) is 18.7 Å². The van der Waals surface area contributed by atoms with Gasteiger partial charge in [0.15, 0.2) is 5.69 Å². The van der Waals surface area contributed by atoms with Gasteiger partial charge in [0.25, 0.3) is 5.56 Å². The molecule has 8 nitrogen and oxygen atoms in total. The molecule has 0 amide bonds. The maximum absolute atomic E-state index is 12.7. The highest BCUT2D eigenvalue weighted by Gasteiger charge is 2.28. The molecule has 0 saturated carbocycles. The summed E-state index contributed by atoms with van der Waals surface area (Å²) in [5, 5.41) is 9.51. The minimum Gasteiger partial charge on any atom is -0.489 e. The van der Waals surface area contributed by atoms with Crippen LogP contribution in [0.1, 0.15) is 33.4 Å². The van der Waals surface area contributed by atoms with Gasteiger partial charge in [0.1, 0.15) is 0 Å². The highest BCUT2D eigenvalue weighted by Crippen LogP contribution is 2.31. The lowest BCUT2D eigenvalue weighted by Crippen LogP contribution is -2.35. The van der Waals surface area contributed by atoms with Gasteiger partial charge in [0, 0.05) is 20.3 Å². The van der Waals surface area contributed by atoms with Gasteiger partial charge in [0.2, 0.25) is 11.7 Å². The molecule has 2 aromatic heterocycles. The van der Waals surface area contributed by atoms with Crippen molar-refractivity contribution in [3.63, 3.8) is 0 Å². The van der Waals surface area contributed by atoms with Crippen molar-refractivity contribution in [2.75, 3.05) is 19.1 Å². The van der Waals surface area contributed by atoms with Crippen molar-refractivity contribution >= 4 is 11.9 Å². The smallest absolute Gasteiger partial charge is 0.358 e. The molecule has 8 heteroatoms. The molecule has 0 aliphatic rings. The van der Waals surface area contributed by atoms with Crippen molar-refractivity contribution in [3.8, 4) is 5.75 Å². The van der Waals surface area contributed by atoms with Crippen LogP contribution in [0.25, 0.3) is 0 Å². The molecular formula is C21H22N4O4. The average Bonchev–Trinajstić information content (AvgIpc) is 2.72. The van der Waals surface area contributed by atoms with Gasteiger partial charge in [-0.1, -0.05) is 36.4 Å². The van der Waals surface area contributed by atoms with E-state index < -0.39 is 17.2 Å². The molecule has 1 unspecified atom stereocenters. The molecule has 0 saturated heterocycles. The number of methoxy groups -OCH3 is 1. The summed E-state index contributed by atoms with van der Waals surface area (Å²) in [6.45, 7) is 1.95. The Morgan fingerprint density at radius 1 is 1.21 bits per heavy atom. The van der Waals surface area contributed by atoms with Crippen LogP contribution in [-0.4, -0.2) is 39.8 Å². The molecule has 150 valence electrons. The summed E-state index contributed by atoms with van der Waals surface area (Å²) in [7, 11) is 4.53. The number of aromatic nitrogens is 3. The van der Waals surface area contributed by atoms with Crippen molar-refractivity contribution in [1.29, 1.82) is 0 Å². The maximum Gasteiger partial charge on any atom is 0.358 e. The molecule has 3 rings (SSSR count). The molecule has 2 heterocycles. The monoisotopic (exact) mass is 394 g/mol. The Balaban J connectivity index is 2.25. The van der Waals surface area contributed by atoms with E-state index in [0.717, 1.165) is 16.8 Å². The molecule has 0 aliphatic heterocycles. The maximum atomic E-state index is 12.7. The summed E-state index contributed by atoms with van der Waals surface area (Å²) in [5.41, 5.74) is 1.67. The third-order valence-electron chi connectivity index (χ3n) is 4.76. The molecule has 0 bridgehead atoms. The molecule has 0 aliphatic carbocycles. The highest BCUT2D eigenvalue weighted by atomic mass is 16.5. The zero-order chi connectivity index (χ0) is 21.1. The Labute approximate surface area is 168 Å². The zero-order valence-electron chi connectivity index (χ0n) is 16.7. The third kappa shape index (κ3) is 3.69. The number of hydrogen-bond acceptors (Lipinski definition) is 6. The number of carboxylic acid groups (broad SMARTS) is 1. The number of benzene rings is 1. The molecule has 0 radical (unpaired) electrons. The third-order valence-corrected chi connectivity index (χ3v) is 4.76. The topological polar surface area (TPSA) is 97.6 Å². The van der Waals surface area contributed by atoms with Crippen LogP contribution in [0.4, 0.5) is 5.95 Å². The van der Waals surface area contributed by atoms with Crippen molar-refractivity contribution in [2.45, 2.75) is 13.0 Å². The van der Waals surface area contributed by atoms with E-state index in [1.54, 1.807) is 18.1 Å². The van der Waals surface area contributed by atoms with Gasteiger partial charge in [0.05, 0.1) is 18.8 Å². The number of hydrogen-bond donors (Lipinski definition) is 1. The van der Waals surface area contributed by atoms with Crippen LogP contribution in [0.2, 0.25) is 0 Å². The summed E-state index contributed by atoms with van der Waals surface area (Å²) in [6.07, 6.45) is 1.70. The minimum absolute atomic E-state index is 0.187. The largest absolute Gasteiger partial charge is 0.489 e. The van der Waals surface area contributed by atoms with Crippen LogP contribution < -0.4 is 15.2 Å². The van der Waals surface area contributed by atoms with Gasteiger partial charge >= 0.3 is 5.97 Å². The number of anilines is 1. The Morgan fingerprint density at radius 2 is 1.90 bits per heavy atom. The number of carboxylic acids is 1. The van der Waals surface area contributed by atoms with E-state index in [0.29, 0.717) is 0 Å². The van der Waals surface area contributed by atoms with E-state index in [9.17, 15) is 14.7 Å². The first-order valence-electron chi connectivity index (χ1n) is 8.94. The lowest BCUT2D eigenvalue weighted by Gasteiger charge is -2.31. The Morgan fingerprint density at radius 3 is 2.48 bits per heavy atom. The molecule has 1 N–H and O–H groups in total. The molecular weight excluding hydrogens is 372 g/mol. The van der Waals surface area contributed by atoms with Gasteiger partial charge in [-0.3, -0.25) is 14.3 Å². The van der Waals surface area contributed by atoms with Gasteiger partial charge in [-0.25, -0.2) is 9.78 Å². The molecule has 29 heavy (non-hydrogen) atoms. The Bertz CT molecular complexity index is 1100. The predicted octanol–water partition coefficient (Wildman–Crippen LogP) is 2.42. The second-order valence-corrected chi connectivity index (χ2v) is 6.59. The van der Waals surface area contributed by atoms with E-state index in [1.807, 2.05) is 49.4 Å². The number of ether oxygens (including phenoxy) is 1. The first-order valence-corrected chi connectivity index (χ1v) is 8.94. The van der Waals surface area contributed by atoms with Gasteiger partial charge in [-0.05, 0) is 24.1 Å². The summed E-state index contributed by atoms with van der Waals surface area (Å²) in [4.78, 5) is 34.9. The van der Waals surface area contributed by atoms with Crippen molar-refractivity contribution in [2.24, 2.45) is 7.05 Å². The molecule has 0 fully saturated rings. The minimum atomic E-state index is -1.33. The quantitative estimate of drug-likeness (QED) is 0.686. The normalized spacial score (nSPS) is 11.7. The van der Waals surface area contributed by atoms with E-state index in [4.69, 9.17) is 4.74 Å². The van der Waals surface area contributed by atoms with Crippen LogP contribution in [-0.2, 0) is 7.05 Å². The van der Waals surface area contributed by atoms with Crippen LogP contribution >= 0.6 is 0 Å². The van der Waals surface area contributed by atoms with Crippen LogP contribution in [0, 0.1) is 6.92 Å². The van der Waals surface area contributed by atoms with E-state index in [2.05, 4.69) is 9.97 Å². The fourth-order valence-corrected chi connectivity index (χ4v) is 3.31. The SMILES string of the molecule is COc1c(C(=O)O)nc(N(C)C(c2ccccc2)c2ncccc2C)n(C)c1=O. The number of aryl methyl sites for hydroxylation is 1. The van der Waals surface area contributed by atoms with Crippen molar-refractivity contribution < 1.29 is 14.6 Å². The Kier molecular flexibility index (Phi) is 5.63.